The van der Waals surface area contributed by atoms with Gasteiger partial charge in [-0.2, -0.15) is 0 Å². The summed E-state index contributed by atoms with van der Waals surface area (Å²) < 4.78 is 15.7. The molecule has 2 rings (SSSR count). The second-order valence-corrected chi connectivity index (χ2v) is 4.35. The van der Waals surface area contributed by atoms with Gasteiger partial charge in [-0.25, -0.2) is 9.97 Å². The third kappa shape index (κ3) is 3.61. The van der Waals surface area contributed by atoms with E-state index in [0.29, 0.717) is 23.9 Å². The number of aromatic nitrogens is 2. The summed E-state index contributed by atoms with van der Waals surface area (Å²) in [6.45, 7) is 0.422. The molecule has 0 amide bonds. The van der Waals surface area contributed by atoms with E-state index in [-0.39, 0.29) is 0 Å². The highest BCUT2D eigenvalue weighted by Crippen LogP contribution is 2.28. The summed E-state index contributed by atoms with van der Waals surface area (Å²) in [6.07, 6.45) is 0. The van der Waals surface area contributed by atoms with Gasteiger partial charge in [-0.3, -0.25) is 0 Å². The number of methoxy groups -OCH3 is 3. The Balaban J connectivity index is 2.51. The molecule has 0 unspecified atom stereocenters. The molecule has 6 heteroatoms. The summed E-state index contributed by atoms with van der Waals surface area (Å²) in [7, 11) is 6.67. The van der Waals surface area contributed by atoms with Crippen LogP contribution < -0.4 is 14.8 Å². The highest BCUT2D eigenvalue weighted by molar-refractivity contribution is 5.62. The van der Waals surface area contributed by atoms with E-state index in [1.165, 1.54) is 0 Å². The summed E-state index contributed by atoms with van der Waals surface area (Å²) in [4.78, 5) is 8.97. The zero-order valence-electron chi connectivity index (χ0n) is 12.6. The van der Waals surface area contributed by atoms with Crippen molar-refractivity contribution in [3.8, 4) is 22.9 Å². The van der Waals surface area contributed by atoms with Crippen molar-refractivity contribution in [2.45, 2.75) is 6.61 Å². The van der Waals surface area contributed by atoms with Gasteiger partial charge in [0.15, 0.2) is 5.82 Å². The number of benzene rings is 1. The molecule has 0 saturated heterocycles. The summed E-state index contributed by atoms with van der Waals surface area (Å²) in [5, 5.41) is 3.02. The van der Waals surface area contributed by atoms with Crippen LogP contribution in [0.5, 0.6) is 11.5 Å². The van der Waals surface area contributed by atoms with Crippen LogP contribution in [0, 0.1) is 0 Å². The van der Waals surface area contributed by atoms with E-state index in [2.05, 4.69) is 15.3 Å². The molecule has 0 atom stereocenters. The van der Waals surface area contributed by atoms with Crippen LogP contribution in [0.2, 0.25) is 0 Å². The number of nitrogens with one attached hydrogen (secondary N) is 1. The molecule has 21 heavy (non-hydrogen) atoms. The zero-order chi connectivity index (χ0) is 15.2. The Hall–Kier alpha value is -2.34. The quantitative estimate of drug-likeness (QED) is 0.880. The average Bonchev–Trinajstić information content (AvgIpc) is 2.54. The van der Waals surface area contributed by atoms with Crippen molar-refractivity contribution in [1.29, 1.82) is 0 Å². The van der Waals surface area contributed by atoms with Gasteiger partial charge in [-0.1, -0.05) is 0 Å². The van der Waals surface area contributed by atoms with Crippen molar-refractivity contribution in [3.05, 3.63) is 30.0 Å². The predicted molar refractivity (Wildman–Crippen MR) is 80.8 cm³/mol. The molecule has 1 aromatic heterocycles. The van der Waals surface area contributed by atoms with Crippen molar-refractivity contribution in [3.63, 3.8) is 0 Å². The number of ether oxygens (including phenoxy) is 3. The van der Waals surface area contributed by atoms with Gasteiger partial charge in [0, 0.05) is 31.9 Å². The second-order valence-electron chi connectivity index (χ2n) is 4.35. The standard InChI is InChI=1S/C15H19N3O3/c1-16-14-7-11(9-19-2)17-15(18-14)10-5-12(20-3)8-13(6-10)21-4/h5-8H,9H2,1-4H3,(H,16,17,18). The first-order valence-electron chi connectivity index (χ1n) is 6.48. The highest BCUT2D eigenvalue weighted by Gasteiger charge is 2.10. The first-order chi connectivity index (χ1) is 10.2. The maximum Gasteiger partial charge on any atom is 0.162 e. The first kappa shape index (κ1) is 15.1. The summed E-state index contributed by atoms with van der Waals surface area (Å²) in [6, 6.07) is 7.40. The SMILES string of the molecule is CNc1cc(COC)nc(-c2cc(OC)cc(OC)c2)n1. The van der Waals surface area contributed by atoms with Crippen molar-refractivity contribution in [1.82, 2.24) is 9.97 Å². The summed E-state index contributed by atoms with van der Waals surface area (Å²) in [5.41, 5.74) is 1.62. The van der Waals surface area contributed by atoms with Crippen LogP contribution in [0.25, 0.3) is 11.4 Å². The van der Waals surface area contributed by atoms with Crippen LogP contribution in [-0.2, 0) is 11.3 Å². The Kier molecular flexibility index (Phi) is 4.94. The second kappa shape index (κ2) is 6.90. The molecule has 2 aromatic rings. The Morgan fingerprint density at radius 2 is 1.62 bits per heavy atom. The van der Waals surface area contributed by atoms with Gasteiger partial charge in [0.2, 0.25) is 0 Å². The molecule has 112 valence electrons. The molecule has 1 N–H and O–H groups in total. The van der Waals surface area contributed by atoms with Gasteiger partial charge in [0.25, 0.3) is 0 Å². The van der Waals surface area contributed by atoms with E-state index in [1.54, 1.807) is 21.3 Å². The van der Waals surface area contributed by atoms with Gasteiger partial charge in [-0.05, 0) is 12.1 Å². The minimum Gasteiger partial charge on any atom is -0.497 e. The van der Waals surface area contributed by atoms with E-state index in [1.807, 2.05) is 31.3 Å². The number of hydrogen-bond donors (Lipinski definition) is 1. The van der Waals surface area contributed by atoms with Crippen LogP contribution in [0.3, 0.4) is 0 Å². The lowest BCUT2D eigenvalue weighted by Gasteiger charge is -2.10. The fourth-order valence-corrected chi connectivity index (χ4v) is 1.91. The lowest BCUT2D eigenvalue weighted by Crippen LogP contribution is -2.02. The van der Waals surface area contributed by atoms with Gasteiger partial charge < -0.3 is 19.5 Å². The molecule has 0 saturated carbocycles. The van der Waals surface area contributed by atoms with Crippen LogP contribution in [-0.4, -0.2) is 38.3 Å². The molecule has 0 aliphatic rings. The lowest BCUT2D eigenvalue weighted by molar-refractivity contribution is 0.181. The molecule has 0 aliphatic heterocycles. The maximum atomic E-state index is 5.28. The fraction of sp³-hybridized carbons (Fsp3) is 0.333. The topological polar surface area (TPSA) is 65.5 Å². The smallest absolute Gasteiger partial charge is 0.162 e. The van der Waals surface area contributed by atoms with Gasteiger partial charge in [0.05, 0.1) is 26.5 Å². The predicted octanol–water partition coefficient (Wildman–Crippen LogP) is 2.35. The zero-order valence-corrected chi connectivity index (χ0v) is 12.6. The van der Waals surface area contributed by atoms with Crippen molar-refractivity contribution < 1.29 is 14.2 Å². The van der Waals surface area contributed by atoms with E-state index in [4.69, 9.17) is 14.2 Å². The molecular weight excluding hydrogens is 270 g/mol. The van der Waals surface area contributed by atoms with Gasteiger partial charge in [-0.15, -0.1) is 0 Å². The fourth-order valence-electron chi connectivity index (χ4n) is 1.91. The largest absolute Gasteiger partial charge is 0.497 e. The normalized spacial score (nSPS) is 10.3. The van der Waals surface area contributed by atoms with E-state index in [0.717, 1.165) is 17.1 Å². The Morgan fingerprint density at radius 1 is 0.952 bits per heavy atom. The van der Waals surface area contributed by atoms with E-state index in [9.17, 15) is 0 Å². The number of nitrogens with zero attached hydrogens (tertiary/aromatic N) is 2. The molecule has 0 radical (unpaired) electrons. The number of hydrogen-bond acceptors (Lipinski definition) is 6. The first-order valence-corrected chi connectivity index (χ1v) is 6.48. The molecule has 0 fully saturated rings. The number of rotatable bonds is 6. The number of anilines is 1. The minimum atomic E-state index is 0.422. The lowest BCUT2D eigenvalue weighted by atomic mass is 10.2. The Labute approximate surface area is 124 Å². The van der Waals surface area contributed by atoms with Crippen LogP contribution in [0.15, 0.2) is 24.3 Å². The molecule has 0 spiro atoms. The Bertz CT molecular complexity index is 595. The molecule has 6 nitrogen and oxygen atoms in total. The molecule has 1 heterocycles. The summed E-state index contributed by atoms with van der Waals surface area (Å²) in [5.74, 6) is 2.70. The monoisotopic (exact) mass is 289 g/mol. The van der Waals surface area contributed by atoms with E-state index < -0.39 is 0 Å². The molecule has 0 bridgehead atoms. The third-order valence-electron chi connectivity index (χ3n) is 2.94. The van der Waals surface area contributed by atoms with E-state index >= 15 is 0 Å². The molecule has 1 aromatic carbocycles. The van der Waals surface area contributed by atoms with Crippen LogP contribution in [0.4, 0.5) is 5.82 Å². The van der Waals surface area contributed by atoms with Crippen LogP contribution in [0.1, 0.15) is 5.69 Å². The van der Waals surface area contributed by atoms with Crippen LogP contribution >= 0.6 is 0 Å². The highest BCUT2D eigenvalue weighted by atomic mass is 16.5. The molecule has 0 aliphatic carbocycles. The third-order valence-corrected chi connectivity index (χ3v) is 2.94. The molecular formula is C15H19N3O3. The maximum absolute atomic E-state index is 5.28. The summed E-state index contributed by atoms with van der Waals surface area (Å²) >= 11 is 0. The van der Waals surface area contributed by atoms with Crippen molar-refractivity contribution in [2.75, 3.05) is 33.7 Å². The average molecular weight is 289 g/mol. The van der Waals surface area contributed by atoms with Crippen molar-refractivity contribution in [2.24, 2.45) is 0 Å². The van der Waals surface area contributed by atoms with Gasteiger partial charge >= 0.3 is 0 Å². The van der Waals surface area contributed by atoms with Gasteiger partial charge in [0.1, 0.15) is 17.3 Å². The Morgan fingerprint density at radius 3 is 2.14 bits per heavy atom. The van der Waals surface area contributed by atoms with Crippen molar-refractivity contribution >= 4 is 5.82 Å². The minimum absolute atomic E-state index is 0.422.